The van der Waals surface area contributed by atoms with Gasteiger partial charge in [-0.15, -0.1) is 0 Å². The second-order valence-electron chi connectivity index (χ2n) is 4.46. The Morgan fingerprint density at radius 1 is 1.21 bits per heavy atom. The van der Waals surface area contributed by atoms with Crippen LogP contribution in [0.2, 0.25) is 0 Å². The second kappa shape index (κ2) is 6.65. The van der Waals surface area contributed by atoms with Crippen LogP contribution in [-0.4, -0.2) is 23.9 Å². The molecular weight excluding hydrogens is 315 g/mol. The summed E-state index contributed by atoms with van der Waals surface area (Å²) < 4.78 is 13.9. The van der Waals surface area contributed by atoms with Gasteiger partial charge < -0.3 is 10.6 Å². The number of carbonyl (C=O) groups is 2. The highest BCUT2D eigenvalue weighted by Gasteiger charge is 2.19. The Labute approximate surface area is 119 Å². The van der Waals surface area contributed by atoms with Crippen molar-refractivity contribution in [1.82, 2.24) is 10.6 Å². The first-order valence-electron chi connectivity index (χ1n) is 5.88. The first-order chi connectivity index (χ1) is 8.82. The molecule has 0 fully saturated rings. The summed E-state index contributed by atoms with van der Waals surface area (Å²) >= 11 is 3.01. The van der Waals surface area contributed by atoms with Crippen LogP contribution in [0.3, 0.4) is 0 Å². The van der Waals surface area contributed by atoms with E-state index >= 15 is 0 Å². The van der Waals surface area contributed by atoms with Crippen molar-refractivity contribution in [3.05, 3.63) is 34.1 Å². The van der Waals surface area contributed by atoms with Gasteiger partial charge in [0.2, 0.25) is 5.91 Å². The van der Waals surface area contributed by atoms with Crippen LogP contribution in [0.5, 0.6) is 0 Å². The van der Waals surface area contributed by atoms with E-state index in [1.165, 1.54) is 12.1 Å². The summed E-state index contributed by atoms with van der Waals surface area (Å²) in [6.45, 7) is 5.19. The molecule has 1 aromatic carbocycles. The lowest BCUT2D eigenvalue weighted by Gasteiger charge is -2.16. The summed E-state index contributed by atoms with van der Waals surface area (Å²) in [4.78, 5) is 23.5. The topological polar surface area (TPSA) is 58.2 Å². The largest absolute Gasteiger partial charge is 0.352 e. The Morgan fingerprint density at radius 3 is 2.42 bits per heavy atom. The molecule has 4 nitrogen and oxygen atoms in total. The predicted molar refractivity (Wildman–Crippen MR) is 74.3 cm³/mol. The first-order valence-corrected chi connectivity index (χ1v) is 6.67. The quantitative estimate of drug-likeness (QED) is 0.889. The summed E-state index contributed by atoms with van der Waals surface area (Å²) in [5, 5.41) is 5.13. The van der Waals surface area contributed by atoms with Crippen LogP contribution in [0.4, 0.5) is 4.39 Å². The minimum Gasteiger partial charge on any atom is -0.352 e. The smallest absolute Gasteiger partial charge is 0.254 e. The fourth-order valence-corrected chi connectivity index (χ4v) is 1.79. The molecule has 19 heavy (non-hydrogen) atoms. The van der Waals surface area contributed by atoms with Crippen molar-refractivity contribution >= 4 is 27.7 Å². The van der Waals surface area contributed by atoms with Gasteiger partial charge in [0.15, 0.2) is 0 Å². The van der Waals surface area contributed by atoms with Crippen LogP contribution < -0.4 is 10.6 Å². The molecule has 0 aromatic heterocycles. The summed E-state index contributed by atoms with van der Waals surface area (Å²) in [5.74, 6) is -1.57. The van der Waals surface area contributed by atoms with E-state index in [2.05, 4.69) is 26.6 Å². The molecule has 6 heteroatoms. The number of rotatable bonds is 4. The van der Waals surface area contributed by atoms with E-state index in [9.17, 15) is 14.0 Å². The summed E-state index contributed by atoms with van der Waals surface area (Å²) in [6, 6.07) is 3.67. The molecule has 0 spiro atoms. The Bertz CT molecular complexity index is 492. The van der Waals surface area contributed by atoms with Gasteiger partial charge in [0.05, 0.1) is 10.0 Å². The third kappa shape index (κ3) is 4.31. The third-order valence-corrected chi connectivity index (χ3v) is 2.98. The molecule has 0 aliphatic carbocycles. The van der Waals surface area contributed by atoms with E-state index in [-0.39, 0.29) is 22.0 Å². The molecule has 1 atom stereocenters. The number of hydrogen-bond acceptors (Lipinski definition) is 2. The zero-order valence-electron chi connectivity index (χ0n) is 11.0. The molecule has 0 aliphatic rings. The molecule has 1 aromatic rings. The molecule has 0 bridgehead atoms. The monoisotopic (exact) mass is 330 g/mol. The van der Waals surface area contributed by atoms with Crippen molar-refractivity contribution in [2.45, 2.75) is 32.9 Å². The van der Waals surface area contributed by atoms with Gasteiger partial charge in [-0.3, -0.25) is 9.59 Å². The minimum absolute atomic E-state index is 0.0190. The maximum atomic E-state index is 13.7. The maximum Gasteiger partial charge on any atom is 0.254 e. The van der Waals surface area contributed by atoms with Gasteiger partial charge in [-0.2, -0.15) is 0 Å². The van der Waals surface area contributed by atoms with Gasteiger partial charge in [-0.25, -0.2) is 4.39 Å². The van der Waals surface area contributed by atoms with Crippen molar-refractivity contribution in [3.8, 4) is 0 Å². The van der Waals surface area contributed by atoms with Gasteiger partial charge in [0, 0.05) is 6.04 Å². The molecule has 0 saturated heterocycles. The molecule has 0 saturated carbocycles. The number of halogens is 2. The van der Waals surface area contributed by atoms with Crippen molar-refractivity contribution in [2.75, 3.05) is 0 Å². The van der Waals surface area contributed by atoms with Crippen LogP contribution in [-0.2, 0) is 4.79 Å². The molecule has 2 N–H and O–H groups in total. The lowest BCUT2D eigenvalue weighted by Crippen LogP contribution is -2.46. The van der Waals surface area contributed by atoms with Gasteiger partial charge in [-0.05, 0) is 48.8 Å². The lowest BCUT2D eigenvalue weighted by atomic mass is 10.2. The summed E-state index contributed by atoms with van der Waals surface area (Å²) in [7, 11) is 0. The van der Waals surface area contributed by atoms with Gasteiger partial charge >= 0.3 is 0 Å². The molecule has 2 amide bonds. The molecule has 1 unspecified atom stereocenters. The second-order valence-corrected chi connectivity index (χ2v) is 5.31. The van der Waals surface area contributed by atoms with E-state index in [4.69, 9.17) is 0 Å². The van der Waals surface area contributed by atoms with Gasteiger partial charge in [0.25, 0.3) is 5.91 Å². The molecule has 0 aliphatic heterocycles. The van der Waals surface area contributed by atoms with Crippen molar-refractivity contribution in [1.29, 1.82) is 0 Å². The van der Waals surface area contributed by atoms with E-state index in [1.807, 2.05) is 13.8 Å². The zero-order chi connectivity index (χ0) is 14.6. The Morgan fingerprint density at radius 2 is 1.84 bits per heavy atom. The van der Waals surface area contributed by atoms with Gasteiger partial charge in [-0.1, -0.05) is 6.07 Å². The maximum absolute atomic E-state index is 13.7. The molecule has 1 rings (SSSR count). The summed E-state index contributed by atoms with van der Waals surface area (Å²) in [6.07, 6.45) is 0. The average Bonchev–Trinajstić information content (AvgIpc) is 2.31. The first kappa shape index (κ1) is 15.6. The van der Waals surface area contributed by atoms with Crippen LogP contribution in [0, 0.1) is 5.82 Å². The van der Waals surface area contributed by atoms with E-state index in [1.54, 1.807) is 13.0 Å². The normalized spacial score (nSPS) is 12.1. The standard InChI is InChI=1S/C13H16BrFN2O2/c1-7(2)16-12(18)8(3)17-13(19)9-5-4-6-10(14)11(9)15/h4-8H,1-3H3,(H,16,18)(H,17,19). The molecular formula is C13H16BrFN2O2. The van der Waals surface area contributed by atoms with E-state index in [0.29, 0.717) is 0 Å². The molecule has 0 radical (unpaired) electrons. The third-order valence-electron chi connectivity index (χ3n) is 2.37. The Kier molecular flexibility index (Phi) is 5.47. The van der Waals surface area contributed by atoms with Crippen LogP contribution in [0.25, 0.3) is 0 Å². The van der Waals surface area contributed by atoms with E-state index in [0.717, 1.165) is 0 Å². The number of carbonyl (C=O) groups excluding carboxylic acids is 2. The SMILES string of the molecule is CC(C)NC(=O)C(C)NC(=O)c1cccc(Br)c1F. The van der Waals surface area contributed by atoms with Crippen molar-refractivity contribution in [3.63, 3.8) is 0 Å². The Balaban J connectivity index is 2.74. The number of benzene rings is 1. The predicted octanol–water partition coefficient (Wildman–Crippen LogP) is 2.23. The Hall–Kier alpha value is -1.43. The summed E-state index contributed by atoms with van der Waals surface area (Å²) in [5.41, 5.74) is -0.0985. The number of nitrogens with one attached hydrogen (secondary N) is 2. The van der Waals surface area contributed by atoms with Crippen LogP contribution in [0.1, 0.15) is 31.1 Å². The molecule has 104 valence electrons. The fraction of sp³-hybridized carbons (Fsp3) is 0.385. The number of hydrogen-bond donors (Lipinski definition) is 2. The average molecular weight is 331 g/mol. The minimum atomic E-state index is -0.728. The van der Waals surface area contributed by atoms with Crippen molar-refractivity contribution < 1.29 is 14.0 Å². The highest BCUT2D eigenvalue weighted by Crippen LogP contribution is 2.18. The lowest BCUT2D eigenvalue weighted by molar-refractivity contribution is -0.123. The van der Waals surface area contributed by atoms with E-state index < -0.39 is 17.8 Å². The number of amides is 2. The fourth-order valence-electron chi connectivity index (χ4n) is 1.43. The zero-order valence-corrected chi connectivity index (χ0v) is 12.5. The van der Waals surface area contributed by atoms with Gasteiger partial charge in [0.1, 0.15) is 11.9 Å². The van der Waals surface area contributed by atoms with Crippen LogP contribution in [0.15, 0.2) is 22.7 Å². The highest BCUT2D eigenvalue weighted by molar-refractivity contribution is 9.10. The van der Waals surface area contributed by atoms with Crippen molar-refractivity contribution in [2.24, 2.45) is 0 Å². The molecule has 0 heterocycles. The van der Waals surface area contributed by atoms with Crippen LogP contribution >= 0.6 is 15.9 Å². The highest BCUT2D eigenvalue weighted by atomic mass is 79.9.